The van der Waals surface area contributed by atoms with E-state index in [0.717, 1.165) is 18.6 Å². The second-order valence-corrected chi connectivity index (χ2v) is 7.03. The van der Waals surface area contributed by atoms with Crippen molar-refractivity contribution in [1.82, 2.24) is 4.90 Å². The highest BCUT2D eigenvalue weighted by Gasteiger charge is 2.28. The number of nitrogens with two attached hydrogens (primary N) is 1. The van der Waals surface area contributed by atoms with E-state index in [0.29, 0.717) is 36.8 Å². The van der Waals surface area contributed by atoms with E-state index >= 15 is 0 Å². The second-order valence-electron chi connectivity index (χ2n) is 7.03. The molecule has 2 amide bonds. The van der Waals surface area contributed by atoms with Crippen molar-refractivity contribution >= 4 is 35.6 Å². The van der Waals surface area contributed by atoms with Crippen molar-refractivity contribution in [3.8, 4) is 11.5 Å². The lowest BCUT2D eigenvalue weighted by atomic mass is 9.96. The number of anilines is 2. The van der Waals surface area contributed by atoms with Gasteiger partial charge >= 0.3 is 0 Å². The fourth-order valence-corrected chi connectivity index (χ4v) is 3.35. The summed E-state index contributed by atoms with van der Waals surface area (Å²) in [4.78, 5) is 27.0. The number of hydrogen-bond acceptors (Lipinski definition) is 5. The van der Waals surface area contributed by atoms with Gasteiger partial charge in [0.25, 0.3) is 0 Å². The quantitative estimate of drug-likeness (QED) is 0.653. The summed E-state index contributed by atoms with van der Waals surface area (Å²) in [5.41, 5.74) is 6.95. The zero-order valence-electron chi connectivity index (χ0n) is 17.0. The summed E-state index contributed by atoms with van der Waals surface area (Å²) >= 11 is 0. The number of likely N-dealkylation sites (tertiary alicyclic amines) is 1. The smallest absolute Gasteiger partial charge is 0.229 e. The molecule has 2 aromatic rings. The third kappa shape index (κ3) is 6.29. The molecule has 1 aliphatic heterocycles. The molecule has 0 bridgehead atoms. The maximum atomic E-state index is 12.7. The summed E-state index contributed by atoms with van der Waals surface area (Å²) in [7, 11) is 1.56. The predicted molar refractivity (Wildman–Crippen MR) is 119 cm³/mol. The molecule has 0 aromatic heterocycles. The summed E-state index contributed by atoms with van der Waals surface area (Å²) in [6.07, 6.45) is 1.81. The Kier molecular flexibility index (Phi) is 8.80. The zero-order chi connectivity index (χ0) is 20.6. The number of halogens is 1. The van der Waals surface area contributed by atoms with E-state index in [4.69, 9.17) is 15.2 Å². The lowest BCUT2D eigenvalue weighted by molar-refractivity contribution is -0.135. The van der Waals surface area contributed by atoms with Crippen LogP contribution in [0.25, 0.3) is 0 Å². The fraction of sp³-hybridized carbons (Fsp3) is 0.364. The Morgan fingerprint density at radius 1 is 1.17 bits per heavy atom. The molecular weight excluding hydrogens is 406 g/mol. The minimum Gasteiger partial charge on any atom is -0.497 e. The molecule has 7 nitrogen and oxygen atoms in total. The van der Waals surface area contributed by atoms with Gasteiger partial charge in [-0.3, -0.25) is 9.59 Å². The van der Waals surface area contributed by atoms with Crippen molar-refractivity contribution in [3.05, 3.63) is 48.5 Å². The Balaban J connectivity index is 0.00000320. The largest absolute Gasteiger partial charge is 0.497 e. The van der Waals surface area contributed by atoms with E-state index in [2.05, 4.69) is 5.32 Å². The van der Waals surface area contributed by atoms with Gasteiger partial charge in [0, 0.05) is 19.2 Å². The number of para-hydroxylation sites is 1. The first kappa shape index (κ1) is 23.3. The van der Waals surface area contributed by atoms with Crippen molar-refractivity contribution in [2.45, 2.75) is 19.3 Å². The first-order valence-electron chi connectivity index (χ1n) is 9.77. The molecule has 0 saturated carbocycles. The topological polar surface area (TPSA) is 93.9 Å². The Hall–Kier alpha value is -2.93. The average Bonchev–Trinajstić information content (AvgIpc) is 2.76. The van der Waals surface area contributed by atoms with Crippen molar-refractivity contribution in [1.29, 1.82) is 0 Å². The molecule has 1 heterocycles. The Morgan fingerprint density at radius 2 is 1.93 bits per heavy atom. The van der Waals surface area contributed by atoms with Crippen LogP contribution in [0.1, 0.15) is 19.3 Å². The second kappa shape index (κ2) is 11.3. The molecular formula is C22H28ClN3O4. The van der Waals surface area contributed by atoms with Gasteiger partial charge in [-0.15, -0.1) is 12.4 Å². The van der Waals surface area contributed by atoms with Gasteiger partial charge in [-0.2, -0.15) is 0 Å². The number of rotatable bonds is 7. The van der Waals surface area contributed by atoms with Gasteiger partial charge in [0.15, 0.2) is 0 Å². The molecule has 3 N–H and O–H groups in total. The third-order valence-electron chi connectivity index (χ3n) is 4.99. The van der Waals surface area contributed by atoms with Crippen molar-refractivity contribution in [3.63, 3.8) is 0 Å². The molecule has 8 heteroatoms. The van der Waals surface area contributed by atoms with E-state index in [1.54, 1.807) is 30.2 Å². The number of amides is 2. The van der Waals surface area contributed by atoms with Gasteiger partial charge < -0.3 is 25.4 Å². The van der Waals surface area contributed by atoms with Crippen LogP contribution < -0.4 is 20.5 Å². The number of nitrogens with zero attached hydrogens (tertiary/aromatic N) is 1. The number of benzene rings is 2. The van der Waals surface area contributed by atoms with Gasteiger partial charge in [-0.25, -0.2) is 0 Å². The Morgan fingerprint density at radius 3 is 2.67 bits per heavy atom. The molecule has 0 spiro atoms. The van der Waals surface area contributed by atoms with Crippen molar-refractivity contribution < 1.29 is 19.1 Å². The SMILES string of the molecule is COc1ccc(N)c(NC(=O)C2CCCN(C(=O)CCOc3ccccc3)C2)c1.Cl. The highest BCUT2D eigenvalue weighted by atomic mass is 35.5. The van der Waals surface area contributed by atoms with Crippen LogP contribution in [0, 0.1) is 5.92 Å². The minimum atomic E-state index is -0.270. The van der Waals surface area contributed by atoms with Crippen molar-refractivity contribution in [2.24, 2.45) is 5.92 Å². The monoisotopic (exact) mass is 433 g/mol. The average molecular weight is 434 g/mol. The molecule has 2 aromatic carbocycles. The molecule has 1 fully saturated rings. The molecule has 1 atom stereocenters. The molecule has 0 aliphatic carbocycles. The summed E-state index contributed by atoms with van der Waals surface area (Å²) in [6.45, 7) is 1.38. The summed E-state index contributed by atoms with van der Waals surface area (Å²) < 4.78 is 10.8. The normalized spacial score (nSPS) is 15.6. The number of piperidine rings is 1. The zero-order valence-corrected chi connectivity index (χ0v) is 17.8. The lowest BCUT2D eigenvalue weighted by Crippen LogP contribution is -2.44. The van der Waals surface area contributed by atoms with E-state index < -0.39 is 0 Å². The highest BCUT2D eigenvalue weighted by Crippen LogP contribution is 2.26. The van der Waals surface area contributed by atoms with Gasteiger partial charge in [0.05, 0.1) is 37.4 Å². The number of ether oxygens (including phenoxy) is 2. The maximum Gasteiger partial charge on any atom is 0.229 e. The van der Waals surface area contributed by atoms with Crippen molar-refractivity contribution in [2.75, 3.05) is 37.9 Å². The van der Waals surface area contributed by atoms with E-state index in [1.807, 2.05) is 30.3 Å². The molecule has 3 rings (SSSR count). The third-order valence-corrected chi connectivity index (χ3v) is 4.99. The Labute approximate surface area is 182 Å². The number of carbonyl (C=O) groups is 2. The standard InChI is InChI=1S/C22H27N3O4.ClH/c1-28-18-9-10-19(23)20(14-18)24-22(27)16-6-5-12-25(15-16)21(26)11-13-29-17-7-3-2-4-8-17;/h2-4,7-10,14,16H,5-6,11-13,15,23H2,1H3,(H,24,27);1H. The molecule has 1 saturated heterocycles. The number of hydrogen-bond donors (Lipinski definition) is 2. The molecule has 0 radical (unpaired) electrons. The molecule has 162 valence electrons. The van der Waals surface area contributed by atoms with Crippen LogP contribution in [0.3, 0.4) is 0 Å². The summed E-state index contributed by atoms with van der Waals surface area (Å²) in [5, 5.41) is 2.87. The van der Waals surface area contributed by atoms with E-state index in [9.17, 15) is 9.59 Å². The van der Waals surface area contributed by atoms with Crippen LogP contribution in [0.5, 0.6) is 11.5 Å². The maximum absolute atomic E-state index is 12.7. The molecule has 1 aliphatic rings. The van der Waals surface area contributed by atoms with Crippen LogP contribution in [0.4, 0.5) is 11.4 Å². The van der Waals surface area contributed by atoms with Gasteiger partial charge in [-0.05, 0) is 37.1 Å². The Bertz CT molecular complexity index is 848. The summed E-state index contributed by atoms with van der Waals surface area (Å²) in [6, 6.07) is 14.5. The van der Waals surface area contributed by atoms with Gasteiger partial charge in [0.1, 0.15) is 11.5 Å². The minimum absolute atomic E-state index is 0. The van der Waals surface area contributed by atoms with Crippen LogP contribution in [0.15, 0.2) is 48.5 Å². The highest BCUT2D eigenvalue weighted by molar-refractivity contribution is 5.96. The number of carbonyl (C=O) groups excluding carboxylic acids is 2. The van der Waals surface area contributed by atoms with Gasteiger partial charge in [0.2, 0.25) is 11.8 Å². The first-order valence-corrected chi connectivity index (χ1v) is 9.77. The lowest BCUT2D eigenvalue weighted by Gasteiger charge is -2.32. The number of nitrogens with one attached hydrogen (secondary N) is 1. The van der Waals surface area contributed by atoms with Crippen LogP contribution in [0.2, 0.25) is 0 Å². The molecule has 1 unspecified atom stereocenters. The van der Waals surface area contributed by atoms with Crippen LogP contribution >= 0.6 is 12.4 Å². The number of methoxy groups -OCH3 is 1. The molecule has 30 heavy (non-hydrogen) atoms. The number of nitrogen functional groups attached to an aromatic ring is 1. The van der Waals surface area contributed by atoms with Crippen LogP contribution in [-0.2, 0) is 9.59 Å². The van der Waals surface area contributed by atoms with Gasteiger partial charge in [-0.1, -0.05) is 18.2 Å². The van der Waals surface area contributed by atoms with E-state index in [1.165, 1.54) is 0 Å². The van der Waals surface area contributed by atoms with E-state index in [-0.39, 0.29) is 36.6 Å². The first-order chi connectivity index (χ1) is 14.1. The fourth-order valence-electron chi connectivity index (χ4n) is 3.35. The predicted octanol–water partition coefficient (Wildman–Crippen LogP) is 3.35. The summed E-state index contributed by atoms with van der Waals surface area (Å²) in [5.74, 6) is 0.955. The van der Waals surface area contributed by atoms with Crippen LogP contribution in [-0.4, -0.2) is 43.5 Å².